The molecule has 0 atom stereocenters. The van der Waals surface area contributed by atoms with E-state index in [2.05, 4.69) is 4.99 Å². The highest BCUT2D eigenvalue weighted by atomic mass is 16.3. The molecule has 0 aliphatic carbocycles. The van der Waals surface area contributed by atoms with Gasteiger partial charge in [0, 0.05) is 12.5 Å². The summed E-state index contributed by atoms with van der Waals surface area (Å²) in [6.07, 6.45) is 1.74. The molecule has 1 heterocycles. The number of phenols is 1. The quantitative estimate of drug-likeness (QED) is 0.604. The summed E-state index contributed by atoms with van der Waals surface area (Å²) in [6.45, 7) is 0. The lowest BCUT2D eigenvalue weighted by Gasteiger charge is -2.12. The summed E-state index contributed by atoms with van der Waals surface area (Å²) in [7, 11) is 0. The Balaban J connectivity index is 2.53. The van der Waals surface area contributed by atoms with Gasteiger partial charge in [0.05, 0.1) is 11.5 Å². The first kappa shape index (κ1) is 7.16. The van der Waals surface area contributed by atoms with E-state index in [1.165, 1.54) is 0 Å². The molecule has 2 rings (SSSR count). The number of benzene rings is 1. The number of amidine groups is 1. The topological polar surface area (TPSA) is 58.6 Å². The highest BCUT2D eigenvalue weighted by Gasteiger charge is 2.09. The Kier molecular flexibility index (Phi) is 1.50. The van der Waals surface area contributed by atoms with Crippen LogP contribution in [0.1, 0.15) is 12.0 Å². The minimum Gasteiger partial charge on any atom is -0.508 e. The van der Waals surface area contributed by atoms with Crippen molar-refractivity contribution in [2.75, 3.05) is 0 Å². The van der Waals surface area contributed by atoms with Crippen molar-refractivity contribution in [2.45, 2.75) is 12.8 Å². The molecule has 0 aromatic heterocycles. The Morgan fingerprint density at radius 1 is 1.33 bits per heavy atom. The molecular formula is C9H10N2O. The second kappa shape index (κ2) is 2.52. The molecule has 0 amide bonds. The fraction of sp³-hybridized carbons (Fsp3) is 0.222. The number of aryl methyl sites for hydroxylation is 1. The molecule has 1 aliphatic rings. The number of hydrogen-bond acceptors (Lipinski definition) is 3. The fourth-order valence-electron chi connectivity index (χ4n) is 1.34. The molecule has 62 valence electrons. The Bertz CT molecular complexity index is 344. The molecule has 0 fully saturated rings. The van der Waals surface area contributed by atoms with E-state index in [-0.39, 0.29) is 5.75 Å². The molecule has 1 aromatic rings. The lowest BCUT2D eigenvalue weighted by molar-refractivity contribution is 0.475. The van der Waals surface area contributed by atoms with Crippen LogP contribution in [0.3, 0.4) is 0 Å². The zero-order valence-electron chi connectivity index (χ0n) is 6.62. The van der Waals surface area contributed by atoms with Gasteiger partial charge >= 0.3 is 0 Å². The van der Waals surface area contributed by atoms with Crippen LogP contribution in [0.15, 0.2) is 23.2 Å². The van der Waals surface area contributed by atoms with E-state index in [0.29, 0.717) is 5.84 Å². The molecule has 0 saturated heterocycles. The molecule has 0 spiro atoms. The van der Waals surface area contributed by atoms with Crippen molar-refractivity contribution in [2.24, 2.45) is 10.7 Å². The van der Waals surface area contributed by atoms with Gasteiger partial charge in [-0.1, -0.05) is 6.07 Å². The molecule has 12 heavy (non-hydrogen) atoms. The van der Waals surface area contributed by atoms with Crippen LogP contribution in [0.5, 0.6) is 5.75 Å². The van der Waals surface area contributed by atoms with Crippen LogP contribution in [0.25, 0.3) is 0 Å². The predicted molar refractivity (Wildman–Crippen MR) is 47.7 cm³/mol. The molecular weight excluding hydrogens is 152 g/mol. The minimum atomic E-state index is 0.243. The number of aromatic hydroxyl groups is 1. The van der Waals surface area contributed by atoms with E-state index < -0.39 is 0 Å². The summed E-state index contributed by atoms with van der Waals surface area (Å²) in [6, 6.07) is 5.21. The summed E-state index contributed by atoms with van der Waals surface area (Å²) < 4.78 is 0. The Morgan fingerprint density at radius 3 is 3.00 bits per heavy atom. The molecule has 1 aliphatic heterocycles. The molecule has 0 bridgehead atoms. The molecule has 3 heteroatoms. The standard InChI is InChI=1S/C9H10N2O/c10-9-4-2-6-1-3-7(12)5-8(6)11-9/h1,3,5,12H,2,4H2,(H2,10,11). The van der Waals surface area contributed by atoms with Crippen molar-refractivity contribution in [3.8, 4) is 5.75 Å². The van der Waals surface area contributed by atoms with Crippen LogP contribution < -0.4 is 5.73 Å². The van der Waals surface area contributed by atoms with Crippen LogP contribution in [0.2, 0.25) is 0 Å². The van der Waals surface area contributed by atoms with E-state index in [1.54, 1.807) is 12.1 Å². The van der Waals surface area contributed by atoms with Crippen molar-refractivity contribution < 1.29 is 5.11 Å². The van der Waals surface area contributed by atoms with Crippen molar-refractivity contribution in [1.29, 1.82) is 0 Å². The normalized spacial score (nSPS) is 15.2. The maximum atomic E-state index is 9.16. The van der Waals surface area contributed by atoms with Crippen LogP contribution in [-0.2, 0) is 6.42 Å². The number of nitrogens with two attached hydrogens (primary N) is 1. The monoisotopic (exact) mass is 162 g/mol. The van der Waals surface area contributed by atoms with Gasteiger partial charge in [0.15, 0.2) is 0 Å². The van der Waals surface area contributed by atoms with Gasteiger partial charge < -0.3 is 10.8 Å². The lowest BCUT2D eigenvalue weighted by Crippen LogP contribution is -2.15. The summed E-state index contributed by atoms with van der Waals surface area (Å²) >= 11 is 0. The van der Waals surface area contributed by atoms with Gasteiger partial charge in [-0.15, -0.1) is 0 Å². The van der Waals surface area contributed by atoms with E-state index in [0.717, 1.165) is 24.1 Å². The van der Waals surface area contributed by atoms with Gasteiger partial charge in [0.2, 0.25) is 0 Å². The third-order valence-electron chi connectivity index (χ3n) is 1.98. The fourth-order valence-corrected chi connectivity index (χ4v) is 1.34. The van der Waals surface area contributed by atoms with E-state index in [9.17, 15) is 0 Å². The van der Waals surface area contributed by atoms with Crippen LogP contribution in [-0.4, -0.2) is 10.9 Å². The number of nitrogens with zero attached hydrogens (tertiary/aromatic N) is 1. The van der Waals surface area contributed by atoms with Gasteiger partial charge in [-0.2, -0.15) is 0 Å². The molecule has 1 aromatic carbocycles. The largest absolute Gasteiger partial charge is 0.508 e. The maximum Gasteiger partial charge on any atom is 0.117 e. The number of rotatable bonds is 0. The Morgan fingerprint density at radius 2 is 2.17 bits per heavy atom. The zero-order chi connectivity index (χ0) is 8.55. The average molecular weight is 162 g/mol. The summed E-state index contributed by atoms with van der Waals surface area (Å²) in [4.78, 5) is 4.14. The van der Waals surface area contributed by atoms with Gasteiger partial charge in [-0.25, -0.2) is 4.99 Å². The van der Waals surface area contributed by atoms with Crippen molar-refractivity contribution in [3.05, 3.63) is 23.8 Å². The minimum absolute atomic E-state index is 0.243. The highest BCUT2D eigenvalue weighted by molar-refractivity contribution is 5.85. The number of phenolic OH excluding ortho intramolecular Hbond substituents is 1. The van der Waals surface area contributed by atoms with Gasteiger partial charge in [0.1, 0.15) is 5.75 Å². The van der Waals surface area contributed by atoms with E-state index in [1.807, 2.05) is 6.07 Å². The van der Waals surface area contributed by atoms with E-state index in [4.69, 9.17) is 10.8 Å². The lowest BCUT2D eigenvalue weighted by atomic mass is 10.0. The van der Waals surface area contributed by atoms with Gasteiger partial charge in [-0.05, 0) is 18.1 Å². The van der Waals surface area contributed by atoms with Crippen LogP contribution in [0.4, 0.5) is 5.69 Å². The summed E-state index contributed by atoms with van der Waals surface area (Å²) in [5, 5.41) is 9.16. The average Bonchev–Trinajstić information content (AvgIpc) is 2.03. The third kappa shape index (κ3) is 1.13. The third-order valence-corrected chi connectivity index (χ3v) is 1.98. The summed E-state index contributed by atoms with van der Waals surface area (Å²) in [5.41, 5.74) is 7.53. The number of fused-ring (bicyclic) bond motifs is 1. The maximum absolute atomic E-state index is 9.16. The first-order valence-electron chi connectivity index (χ1n) is 3.90. The summed E-state index contributed by atoms with van der Waals surface area (Å²) in [5.74, 6) is 0.889. The first-order valence-corrected chi connectivity index (χ1v) is 3.90. The van der Waals surface area contributed by atoms with Gasteiger partial charge in [0.25, 0.3) is 0 Å². The molecule has 3 nitrogen and oxygen atoms in total. The van der Waals surface area contributed by atoms with E-state index >= 15 is 0 Å². The number of aliphatic imine (C=N–C) groups is 1. The Hall–Kier alpha value is -1.51. The molecule has 0 saturated carbocycles. The molecule has 0 radical (unpaired) electrons. The van der Waals surface area contributed by atoms with Crippen LogP contribution in [0, 0.1) is 0 Å². The van der Waals surface area contributed by atoms with Crippen LogP contribution >= 0.6 is 0 Å². The SMILES string of the molecule is NC1=Nc2cc(O)ccc2CC1. The zero-order valence-corrected chi connectivity index (χ0v) is 6.62. The molecule has 0 unspecified atom stereocenters. The number of hydrogen-bond donors (Lipinski definition) is 2. The van der Waals surface area contributed by atoms with Crippen molar-refractivity contribution >= 4 is 11.5 Å². The molecule has 3 N–H and O–H groups in total. The van der Waals surface area contributed by atoms with Gasteiger partial charge in [-0.3, -0.25) is 0 Å². The smallest absolute Gasteiger partial charge is 0.117 e. The van der Waals surface area contributed by atoms with Crippen molar-refractivity contribution in [1.82, 2.24) is 0 Å². The first-order chi connectivity index (χ1) is 5.75. The second-order valence-electron chi connectivity index (χ2n) is 2.92. The highest BCUT2D eigenvalue weighted by Crippen LogP contribution is 2.28. The second-order valence-corrected chi connectivity index (χ2v) is 2.92. The van der Waals surface area contributed by atoms with Crippen molar-refractivity contribution in [3.63, 3.8) is 0 Å². The predicted octanol–water partition coefficient (Wildman–Crippen LogP) is 1.33. The Labute approximate surface area is 70.5 Å².